The second kappa shape index (κ2) is 6.46. The predicted molar refractivity (Wildman–Crippen MR) is 88.1 cm³/mol. The number of fused-ring (bicyclic) bond motifs is 1. The highest BCUT2D eigenvalue weighted by molar-refractivity contribution is 5.80. The first-order valence-electron chi connectivity index (χ1n) is 7.11. The van der Waals surface area contributed by atoms with Crippen molar-refractivity contribution < 1.29 is 5.11 Å². The van der Waals surface area contributed by atoms with Crippen molar-refractivity contribution in [3.05, 3.63) is 50.9 Å². The van der Waals surface area contributed by atoms with Crippen LogP contribution in [0.25, 0.3) is 11.2 Å². The van der Waals surface area contributed by atoms with Gasteiger partial charge in [0.25, 0.3) is 5.56 Å². The van der Waals surface area contributed by atoms with E-state index in [1.807, 2.05) is 0 Å². The van der Waals surface area contributed by atoms with E-state index in [0.717, 1.165) is 5.56 Å². The molecule has 10 heteroatoms. The highest BCUT2D eigenvalue weighted by Gasteiger charge is 2.16. The molecule has 0 saturated carbocycles. The van der Waals surface area contributed by atoms with E-state index in [2.05, 4.69) is 25.5 Å². The van der Waals surface area contributed by atoms with Crippen LogP contribution in [-0.4, -0.2) is 42.0 Å². The number of hydrogen-bond acceptors (Lipinski definition) is 7. The minimum Gasteiger partial charge on any atom is -0.395 e. The molecule has 0 amide bonds. The van der Waals surface area contributed by atoms with Crippen molar-refractivity contribution in [1.82, 2.24) is 24.1 Å². The zero-order chi connectivity index (χ0) is 17.1. The number of nitrogens with one attached hydrogen (secondary N) is 2. The highest BCUT2D eigenvalue weighted by atomic mass is 16.3. The molecule has 3 aromatic heterocycles. The van der Waals surface area contributed by atoms with Gasteiger partial charge in [-0.2, -0.15) is 10.1 Å². The number of hydrazone groups is 1. The van der Waals surface area contributed by atoms with Crippen LogP contribution in [0.3, 0.4) is 0 Å². The van der Waals surface area contributed by atoms with Gasteiger partial charge in [-0.25, -0.2) is 10.2 Å². The number of imidazole rings is 1. The Labute approximate surface area is 135 Å². The van der Waals surface area contributed by atoms with Gasteiger partial charge in [0.15, 0.2) is 11.2 Å². The molecule has 24 heavy (non-hydrogen) atoms. The maximum absolute atomic E-state index is 12.1. The maximum atomic E-state index is 12.1. The molecule has 0 aliphatic rings. The molecule has 0 unspecified atom stereocenters. The first-order chi connectivity index (χ1) is 11.6. The Balaban J connectivity index is 2.04. The van der Waals surface area contributed by atoms with Crippen LogP contribution >= 0.6 is 0 Å². The Hall–Kier alpha value is -3.27. The number of aromatic nitrogens is 5. The highest BCUT2D eigenvalue weighted by Crippen LogP contribution is 2.14. The summed E-state index contributed by atoms with van der Waals surface area (Å²) in [6.45, 7) is -0.0681. The molecule has 10 nitrogen and oxygen atoms in total. The topological polar surface area (TPSA) is 130 Å². The van der Waals surface area contributed by atoms with Crippen molar-refractivity contribution in [2.24, 2.45) is 12.1 Å². The number of aryl methyl sites for hydroxylation is 1. The lowest BCUT2D eigenvalue weighted by Gasteiger charge is -2.05. The molecular formula is C14H15N7O3. The van der Waals surface area contributed by atoms with Gasteiger partial charge < -0.3 is 9.67 Å². The maximum Gasteiger partial charge on any atom is 0.329 e. The number of pyridine rings is 1. The summed E-state index contributed by atoms with van der Waals surface area (Å²) in [7, 11) is 1.50. The van der Waals surface area contributed by atoms with Crippen molar-refractivity contribution in [2.75, 3.05) is 12.0 Å². The summed E-state index contributed by atoms with van der Waals surface area (Å²) in [5.74, 6) is 0.246. The largest absolute Gasteiger partial charge is 0.395 e. The first-order valence-corrected chi connectivity index (χ1v) is 7.11. The van der Waals surface area contributed by atoms with Gasteiger partial charge in [-0.15, -0.1) is 0 Å². The number of aliphatic hydroxyl groups is 1. The third kappa shape index (κ3) is 2.82. The van der Waals surface area contributed by atoms with Gasteiger partial charge >= 0.3 is 5.69 Å². The number of rotatable bonds is 5. The van der Waals surface area contributed by atoms with E-state index in [1.165, 1.54) is 16.2 Å². The number of aliphatic hydroxyl groups excluding tert-OH is 1. The fraction of sp³-hybridized carbons (Fsp3) is 0.214. The van der Waals surface area contributed by atoms with Gasteiger partial charge in [0.05, 0.1) is 12.8 Å². The number of nitrogens with zero attached hydrogens (tertiary/aromatic N) is 5. The van der Waals surface area contributed by atoms with Gasteiger partial charge in [0.1, 0.15) is 0 Å². The van der Waals surface area contributed by atoms with E-state index in [0.29, 0.717) is 0 Å². The Morgan fingerprint density at radius 1 is 1.38 bits per heavy atom. The third-order valence-corrected chi connectivity index (χ3v) is 3.41. The molecule has 0 fully saturated rings. The molecule has 0 radical (unpaired) electrons. The molecule has 0 bridgehead atoms. The zero-order valence-corrected chi connectivity index (χ0v) is 12.8. The standard InChI is InChI=1S/C14H15N7O3/c1-20-11-10(12(23)18-14(20)24)21(6-7-22)13(17-11)19-16-8-9-2-4-15-5-3-9/h2-5,8,22H,6-7H2,1H3,(H,17,19)(H,18,23,24). The van der Waals surface area contributed by atoms with Crippen LogP contribution in [0.5, 0.6) is 0 Å². The zero-order valence-electron chi connectivity index (χ0n) is 12.8. The van der Waals surface area contributed by atoms with Crippen LogP contribution in [-0.2, 0) is 13.6 Å². The molecule has 0 atom stereocenters. The van der Waals surface area contributed by atoms with Gasteiger partial charge in [-0.3, -0.25) is 19.3 Å². The fourth-order valence-electron chi connectivity index (χ4n) is 2.25. The third-order valence-electron chi connectivity index (χ3n) is 3.41. The van der Waals surface area contributed by atoms with Gasteiger partial charge in [-0.05, 0) is 17.7 Å². The molecule has 0 spiro atoms. The molecule has 0 aromatic carbocycles. The molecule has 0 saturated heterocycles. The van der Waals surface area contributed by atoms with Crippen LogP contribution < -0.4 is 16.7 Å². The first kappa shape index (κ1) is 15.6. The van der Waals surface area contributed by atoms with E-state index in [9.17, 15) is 14.7 Å². The lowest BCUT2D eigenvalue weighted by molar-refractivity contribution is 0.278. The second-order valence-corrected chi connectivity index (χ2v) is 4.95. The number of anilines is 1. The summed E-state index contributed by atoms with van der Waals surface area (Å²) in [5, 5.41) is 13.3. The minimum atomic E-state index is -0.569. The lowest BCUT2D eigenvalue weighted by Crippen LogP contribution is -2.29. The Morgan fingerprint density at radius 3 is 2.83 bits per heavy atom. The molecule has 3 aromatic rings. The summed E-state index contributed by atoms with van der Waals surface area (Å²) in [5.41, 5.74) is 2.82. The van der Waals surface area contributed by atoms with E-state index in [-0.39, 0.29) is 30.3 Å². The summed E-state index contributed by atoms with van der Waals surface area (Å²) in [4.78, 5) is 34.1. The molecule has 0 aliphatic heterocycles. The van der Waals surface area contributed by atoms with Gasteiger partial charge in [0, 0.05) is 26.0 Å². The quantitative estimate of drug-likeness (QED) is 0.417. The lowest BCUT2D eigenvalue weighted by atomic mass is 10.3. The Morgan fingerprint density at radius 2 is 2.12 bits per heavy atom. The number of H-pyrrole nitrogens is 1. The monoisotopic (exact) mass is 329 g/mol. The van der Waals surface area contributed by atoms with Gasteiger partial charge in [-0.1, -0.05) is 0 Å². The summed E-state index contributed by atoms with van der Waals surface area (Å²) >= 11 is 0. The summed E-state index contributed by atoms with van der Waals surface area (Å²) in [6.07, 6.45) is 4.84. The smallest absolute Gasteiger partial charge is 0.329 e. The number of aromatic amines is 1. The molecule has 0 aliphatic carbocycles. The van der Waals surface area contributed by atoms with Gasteiger partial charge in [0.2, 0.25) is 5.95 Å². The van der Waals surface area contributed by atoms with Crippen molar-refractivity contribution in [3.8, 4) is 0 Å². The van der Waals surface area contributed by atoms with Crippen molar-refractivity contribution in [3.63, 3.8) is 0 Å². The predicted octanol–water partition coefficient (Wildman–Crippen LogP) is -0.743. The van der Waals surface area contributed by atoms with E-state index >= 15 is 0 Å². The molecule has 3 rings (SSSR count). The summed E-state index contributed by atoms with van der Waals surface area (Å²) in [6, 6.07) is 3.55. The van der Waals surface area contributed by atoms with Crippen LogP contribution in [0.15, 0.2) is 39.2 Å². The van der Waals surface area contributed by atoms with Crippen LogP contribution in [0.1, 0.15) is 5.56 Å². The minimum absolute atomic E-state index is 0.130. The average Bonchev–Trinajstić information content (AvgIpc) is 2.93. The Kier molecular flexibility index (Phi) is 4.20. The van der Waals surface area contributed by atoms with E-state index < -0.39 is 11.2 Å². The van der Waals surface area contributed by atoms with E-state index in [4.69, 9.17) is 0 Å². The van der Waals surface area contributed by atoms with Crippen LogP contribution in [0.4, 0.5) is 5.95 Å². The SMILES string of the molecule is Cn1c(=O)[nH]c(=O)c2c1nc(NN=Cc1ccncc1)n2CCO. The molecule has 3 N–H and O–H groups in total. The fourth-order valence-corrected chi connectivity index (χ4v) is 2.25. The molecule has 3 heterocycles. The van der Waals surface area contributed by atoms with Crippen LogP contribution in [0, 0.1) is 0 Å². The number of hydrogen-bond donors (Lipinski definition) is 3. The molecule has 124 valence electrons. The second-order valence-electron chi connectivity index (χ2n) is 4.95. The van der Waals surface area contributed by atoms with E-state index in [1.54, 1.807) is 30.7 Å². The Bertz CT molecular complexity index is 1000. The average molecular weight is 329 g/mol. The van der Waals surface area contributed by atoms with Crippen molar-refractivity contribution in [1.29, 1.82) is 0 Å². The molecular weight excluding hydrogens is 314 g/mol. The summed E-state index contributed by atoms with van der Waals surface area (Å²) < 4.78 is 2.69. The van der Waals surface area contributed by atoms with Crippen molar-refractivity contribution >= 4 is 23.3 Å². The van der Waals surface area contributed by atoms with Crippen LogP contribution in [0.2, 0.25) is 0 Å². The van der Waals surface area contributed by atoms with Crippen molar-refractivity contribution in [2.45, 2.75) is 6.54 Å². The normalized spacial score (nSPS) is 11.4.